The highest BCUT2D eigenvalue weighted by Crippen LogP contribution is 2.22. The van der Waals surface area contributed by atoms with E-state index in [1.807, 2.05) is 13.0 Å². The number of rotatable bonds is 9. The molecular weight excluding hydrogens is 356 g/mol. The minimum absolute atomic E-state index is 0.0366. The molecular formula is C26H36N2O. The van der Waals surface area contributed by atoms with Gasteiger partial charge in [-0.25, -0.2) is 0 Å². The van der Waals surface area contributed by atoms with Gasteiger partial charge in [0.15, 0.2) is 0 Å². The average molecular weight is 393 g/mol. The van der Waals surface area contributed by atoms with Crippen molar-refractivity contribution in [2.45, 2.75) is 58.4 Å². The Balaban J connectivity index is 1.64. The second-order valence-electron chi connectivity index (χ2n) is 8.88. The monoisotopic (exact) mass is 392 g/mol. The summed E-state index contributed by atoms with van der Waals surface area (Å²) in [6.07, 6.45) is 4.82. The van der Waals surface area contributed by atoms with Gasteiger partial charge in [0, 0.05) is 6.54 Å². The van der Waals surface area contributed by atoms with E-state index < -0.39 is 0 Å². The first-order valence-corrected chi connectivity index (χ1v) is 11.2. The van der Waals surface area contributed by atoms with Crippen molar-refractivity contribution in [1.29, 1.82) is 0 Å². The molecule has 1 saturated heterocycles. The summed E-state index contributed by atoms with van der Waals surface area (Å²) in [6.45, 7) is 9.67. The molecule has 1 aliphatic heterocycles. The van der Waals surface area contributed by atoms with Crippen molar-refractivity contribution in [3.05, 3.63) is 71.3 Å². The number of benzene rings is 2. The zero-order chi connectivity index (χ0) is 20.6. The van der Waals surface area contributed by atoms with Crippen molar-refractivity contribution in [2.75, 3.05) is 19.6 Å². The highest BCUT2D eigenvalue weighted by Gasteiger charge is 2.23. The maximum Gasteiger partial charge on any atom is 0.227 e. The first-order chi connectivity index (χ1) is 14.0. The summed E-state index contributed by atoms with van der Waals surface area (Å²) in [5, 5.41) is 3.33. The second-order valence-corrected chi connectivity index (χ2v) is 8.88. The number of likely N-dealkylation sites (tertiary alicyclic amines) is 1. The summed E-state index contributed by atoms with van der Waals surface area (Å²) < 4.78 is 0. The molecule has 0 spiro atoms. The van der Waals surface area contributed by atoms with E-state index in [1.54, 1.807) is 0 Å². The fraction of sp³-hybridized carbons (Fsp3) is 0.500. The van der Waals surface area contributed by atoms with Crippen LogP contribution in [0.5, 0.6) is 0 Å². The van der Waals surface area contributed by atoms with Crippen LogP contribution >= 0.6 is 0 Å². The Bertz CT molecular complexity index is 748. The van der Waals surface area contributed by atoms with Crippen LogP contribution in [0.15, 0.2) is 54.6 Å². The van der Waals surface area contributed by atoms with Crippen LogP contribution in [-0.2, 0) is 11.2 Å². The number of carbonyl (C=O) groups excluding carboxylic acids is 1. The van der Waals surface area contributed by atoms with Gasteiger partial charge in [-0.05, 0) is 68.3 Å². The standard InChI is InChI=1S/C26H36N2O/c1-20(2)11-12-22-13-15-23(16-14-22)21(3)26(29)27-25(19-28-17-7-8-18-28)24-9-5-4-6-10-24/h4-6,9-10,13-16,20-21,25H,7-8,11-12,17-19H2,1-3H3,(H,27,29)/t21?,25-/m1/s1. The van der Waals surface area contributed by atoms with Gasteiger partial charge < -0.3 is 10.2 Å². The molecule has 1 unspecified atom stereocenters. The van der Waals surface area contributed by atoms with E-state index in [1.165, 1.54) is 30.4 Å². The van der Waals surface area contributed by atoms with Gasteiger partial charge in [0.2, 0.25) is 5.91 Å². The third kappa shape index (κ3) is 6.43. The predicted molar refractivity (Wildman–Crippen MR) is 121 cm³/mol. The number of nitrogens with one attached hydrogen (secondary N) is 1. The molecule has 0 aromatic heterocycles. The summed E-state index contributed by atoms with van der Waals surface area (Å²) in [6, 6.07) is 19.0. The SMILES string of the molecule is CC(C)CCc1ccc(C(C)C(=O)N[C@H](CN2CCCC2)c2ccccc2)cc1. The lowest BCUT2D eigenvalue weighted by atomic mass is 9.96. The molecule has 2 atom stereocenters. The normalized spacial score (nSPS) is 16.7. The second kappa shape index (κ2) is 10.6. The Morgan fingerprint density at radius 3 is 2.21 bits per heavy atom. The van der Waals surface area contributed by atoms with Gasteiger partial charge in [-0.3, -0.25) is 4.79 Å². The smallest absolute Gasteiger partial charge is 0.227 e. The maximum absolute atomic E-state index is 13.1. The van der Waals surface area contributed by atoms with Gasteiger partial charge in [-0.15, -0.1) is 0 Å². The van der Waals surface area contributed by atoms with Crippen LogP contribution in [0.1, 0.15) is 68.7 Å². The highest BCUT2D eigenvalue weighted by atomic mass is 16.1. The van der Waals surface area contributed by atoms with Crippen molar-refractivity contribution >= 4 is 5.91 Å². The molecule has 1 fully saturated rings. The molecule has 1 heterocycles. The third-order valence-electron chi connectivity index (χ3n) is 6.04. The summed E-state index contributed by atoms with van der Waals surface area (Å²) in [5.41, 5.74) is 3.62. The third-order valence-corrected chi connectivity index (χ3v) is 6.04. The van der Waals surface area contributed by atoms with Crippen LogP contribution in [0.3, 0.4) is 0 Å². The maximum atomic E-state index is 13.1. The van der Waals surface area contributed by atoms with E-state index >= 15 is 0 Å². The number of nitrogens with zero attached hydrogens (tertiary/aromatic N) is 1. The van der Waals surface area contributed by atoms with Crippen LogP contribution in [0.4, 0.5) is 0 Å². The Morgan fingerprint density at radius 2 is 1.59 bits per heavy atom. The average Bonchev–Trinajstić information content (AvgIpc) is 3.25. The molecule has 3 rings (SSSR count). The zero-order valence-corrected chi connectivity index (χ0v) is 18.2. The Hall–Kier alpha value is -2.13. The lowest BCUT2D eigenvalue weighted by Gasteiger charge is -2.26. The summed E-state index contributed by atoms with van der Waals surface area (Å²) in [5.74, 6) is 0.664. The summed E-state index contributed by atoms with van der Waals surface area (Å²) in [4.78, 5) is 15.5. The predicted octanol–water partition coefficient (Wildman–Crippen LogP) is 5.33. The molecule has 156 valence electrons. The van der Waals surface area contributed by atoms with Crippen molar-refractivity contribution in [1.82, 2.24) is 10.2 Å². The van der Waals surface area contributed by atoms with Gasteiger partial charge in [-0.1, -0.05) is 68.4 Å². The first-order valence-electron chi connectivity index (χ1n) is 11.2. The number of aryl methyl sites for hydroxylation is 1. The lowest BCUT2D eigenvalue weighted by molar-refractivity contribution is -0.123. The molecule has 3 heteroatoms. The van der Waals surface area contributed by atoms with Crippen LogP contribution < -0.4 is 5.32 Å². The molecule has 1 aliphatic rings. The molecule has 3 nitrogen and oxygen atoms in total. The van der Waals surface area contributed by atoms with Crippen LogP contribution in [0, 0.1) is 5.92 Å². The van der Waals surface area contributed by atoms with E-state index in [4.69, 9.17) is 0 Å². The van der Waals surface area contributed by atoms with Crippen molar-refractivity contribution in [2.24, 2.45) is 5.92 Å². The fourth-order valence-corrected chi connectivity index (χ4v) is 4.02. The summed E-state index contributed by atoms with van der Waals surface area (Å²) in [7, 11) is 0. The minimum atomic E-state index is -0.154. The quantitative estimate of drug-likeness (QED) is 0.625. The number of carbonyl (C=O) groups is 1. The number of hydrogen-bond donors (Lipinski definition) is 1. The Labute approximate surface area is 176 Å². The van der Waals surface area contributed by atoms with Crippen molar-refractivity contribution in [3.8, 4) is 0 Å². The van der Waals surface area contributed by atoms with Gasteiger partial charge >= 0.3 is 0 Å². The van der Waals surface area contributed by atoms with Crippen molar-refractivity contribution < 1.29 is 4.79 Å². The molecule has 1 N–H and O–H groups in total. The zero-order valence-electron chi connectivity index (χ0n) is 18.2. The van der Waals surface area contributed by atoms with E-state index in [2.05, 4.69) is 72.6 Å². The van der Waals surface area contributed by atoms with E-state index in [9.17, 15) is 4.79 Å². The van der Waals surface area contributed by atoms with Gasteiger partial charge in [0.25, 0.3) is 0 Å². The Morgan fingerprint density at radius 1 is 0.931 bits per heavy atom. The molecule has 1 amide bonds. The molecule has 29 heavy (non-hydrogen) atoms. The first kappa shape index (κ1) is 21.6. The minimum Gasteiger partial charge on any atom is -0.347 e. The van der Waals surface area contributed by atoms with Gasteiger partial charge in [0.1, 0.15) is 0 Å². The molecule has 0 bridgehead atoms. The lowest BCUT2D eigenvalue weighted by Crippen LogP contribution is -2.38. The Kier molecular flexibility index (Phi) is 7.88. The molecule has 2 aromatic rings. The highest BCUT2D eigenvalue weighted by molar-refractivity contribution is 5.83. The van der Waals surface area contributed by atoms with Crippen LogP contribution in [0.2, 0.25) is 0 Å². The van der Waals surface area contributed by atoms with Gasteiger partial charge in [0.05, 0.1) is 12.0 Å². The molecule has 2 aromatic carbocycles. The van der Waals surface area contributed by atoms with Crippen molar-refractivity contribution in [3.63, 3.8) is 0 Å². The number of amides is 1. The number of hydrogen-bond acceptors (Lipinski definition) is 2. The molecule has 0 saturated carbocycles. The van der Waals surface area contributed by atoms with Crippen LogP contribution in [0.25, 0.3) is 0 Å². The molecule has 0 aliphatic carbocycles. The van der Waals surface area contributed by atoms with Gasteiger partial charge in [-0.2, -0.15) is 0 Å². The van der Waals surface area contributed by atoms with E-state index in [0.717, 1.165) is 31.6 Å². The van der Waals surface area contributed by atoms with E-state index in [0.29, 0.717) is 5.92 Å². The largest absolute Gasteiger partial charge is 0.347 e. The fourth-order valence-electron chi connectivity index (χ4n) is 4.02. The topological polar surface area (TPSA) is 32.3 Å². The summed E-state index contributed by atoms with van der Waals surface area (Å²) >= 11 is 0. The van der Waals surface area contributed by atoms with E-state index in [-0.39, 0.29) is 17.9 Å². The molecule has 0 radical (unpaired) electrons. The van der Waals surface area contributed by atoms with Crippen LogP contribution in [-0.4, -0.2) is 30.4 Å².